The van der Waals surface area contributed by atoms with Crippen LogP contribution in [-0.2, 0) is 24.9 Å². The molecule has 7 nitrogen and oxygen atoms in total. The summed E-state index contributed by atoms with van der Waals surface area (Å²) in [7, 11) is 1.92. The number of aryl methyl sites for hydroxylation is 2. The molecule has 4 heterocycles. The van der Waals surface area contributed by atoms with E-state index >= 15 is 0 Å². The second kappa shape index (κ2) is 7.96. The summed E-state index contributed by atoms with van der Waals surface area (Å²) in [5, 5.41) is 9.20. The molecule has 2 aliphatic heterocycles. The zero-order valence-corrected chi connectivity index (χ0v) is 17.3. The number of amides is 1. The predicted octanol–water partition coefficient (Wildman–Crippen LogP) is 2.40. The van der Waals surface area contributed by atoms with Gasteiger partial charge in [-0.1, -0.05) is 0 Å². The summed E-state index contributed by atoms with van der Waals surface area (Å²) in [4.78, 5) is 25.8. The van der Waals surface area contributed by atoms with Gasteiger partial charge in [0.15, 0.2) is 0 Å². The lowest BCUT2D eigenvalue weighted by molar-refractivity contribution is -0.140. The first-order chi connectivity index (χ1) is 14.0. The Balaban J connectivity index is 1.44. The molecule has 0 aliphatic carbocycles. The van der Waals surface area contributed by atoms with Gasteiger partial charge < -0.3 is 9.47 Å². The number of hydrogen-bond donors (Lipinski definition) is 0. The Hall–Kier alpha value is -2.72. The highest BCUT2D eigenvalue weighted by Gasteiger charge is 2.41. The summed E-state index contributed by atoms with van der Waals surface area (Å²) >= 11 is 0. The number of likely N-dealkylation sites (tertiary alicyclic amines) is 2. The van der Waals surface area contributed by atoms with Crippen molar-refractivity contribution >= 4 is 5.91 Å². The van der Waals surface area contributed by atoms with Crippen LogP contribution in [0, 0.1) is 23.7 Å². The Morgan fingerprint density at radius 2 is 2.07 bits per heavy atom. The third kappa shape index (κ3) is 4.33. The first kappa shape index (κ1) is 19.6. The van der Waals surface area contributed by atoms with Gasteiger partial charge in [-0.15, -0.1) is 0 Å². The molecule has 2 aliphatic rings. The molecular formula is C22H28N6O. The highest BCUT2D eigenvalue weighted by molar-refractivity contribution is 5.77. The Labute approximate surface area is 172 Å². The van der Waals surface area contributed by atoms with Crippen LogP contribution >= 0.6 is 0 Å². The minimum Gasteiger partial charge on any atom is -0.342 e. The van der Waals surface area contributed by atoms with Crippen molar-refractivity contribution in [3.63, 3.8) is 0 Å². The van der Waals surface area contributed by atoms with Crippen molar-refractivity contribution in [1.82, 2.24) is 24.3 Å². The molecule has 0 saturated carbocycles. The fourth-order valence-electron chi connectivity index (χ4n) is 4.81. The van der Waals surface area contributed by atoms with E-state index < -0.39 is 0 Å². The molecular weight excluding hydrogens is 364 g/mol. The summed E-state index contributed by atoms with van der Waals surface area (Å²) < 4.78 is 1.89. The van der Waals surface area contributed by atoms with Gasteiger partial charge in [-0.3, -0.25) is 19.7 Å². The van der Waals surface area contributed by atoms with Gasteiger partial charge in [0.2, 0.25) is 5.91 Å². The average Bonchev–Trinajstić information content (AvgIpc) is 3.06. The second-order valence-electron chi connectivity index (χ2n) is 8.67. The van der Waals surface area contributed by atoms with E-state index in [1.54, 1.807) is 12.4 Å². The molecule has 1 amide bonds. The number of nitriles is 1. The molecule has 2 aromatic rings. The van der Waals surface area contributed by atoms with Crippen molar-refractivity contribution in [2.24, 2.45) is 12.5 Å². The Kier molecular flexibility index (Phi) is 5.37. The molecule has 0 radical (unpaired) electrons. The molecule has 1 atom stereocenters. The van der Waals surface area contributed by atoms with Crippen molar-refractivity contribution in [1.29, 1.82) is 5.26 Å². The van der Waals surface area contributed by atoms with Crippen LogP contribution < -0.4 is 0 Å². The third-order valence-electron chi connectivity index (χ3n) is 6.26. The number of hydrogen-bond acceptors (Lipinski definition) is 5. The van der Waals surface area contributed by atoms with E-state index in [0.29, 0.717) is 18.7 Å². The van der Waals surface area contributed by atoms with Crippen LogP contribution in [0.5, 0.6) is 0 Å². The minimum atomic E-state index is 0.150. The topological polar surface area (TPSA) is 78.0 Å². The van der Waals surface area contributed by atoms with E-state index in [1.165, 1.54) is 5.56 Å². The molecule has 152 valence electrons. The maximum Gasteiger partial charge on any atom is 0.222 e. The number of rotatable bonds is 4. The normalized spacial score (nSPS) is 22.8. The number of carbonyl (C=O) groups is 1. The van der Waals surface area contributed by atoms with E-state index in [-0.39, 0.29) is 11.3 Å². The van der Waals surface area contributed by atoms with E-state index in [0.717, 1.165) is 56.8 Å². The SMILES string of the molecule is Cc1cnc(CN2C[C@]3(CCCN(Cc4cc(C#N)n(C)c4)C3)CCC2=O)cn1. The van der Waals surface area contributed by atoms with Gasteiger partial charge >= 0.3 is 0 Å². The van der Waals surface area contributed by atoms with Gasteiger partial charge in [0.05, 0.1) is 24.1 Å². The molecule has 0 aromatic carbocycles. The summed E-state index contributed by atoms with van der Waals surface area (Å²) in [5.41, 5.74) is 3.76. The van der Waals surface area contributed by atoms with Gasteiger partial charge in [-0.2, -0.15) is 5.26 Å². The largest absolute Gasteiger partial charge is 0.342 e. The number of carbonyl (C=O) groups excluding carboxylic acids is 1. The van der Waals surface area contributed by atoms with E-state index in [2.05, 4.69) is 20.9 Å². The van der Waals surface area contributed by atoms with Gasteiger partial charge in [0.1, 0.15) is 11.8 Å². The second-order valence-corrected chi connectivity index (χ2v) is 8.67. The molecule has 4 rings (SSSR count). The Morgan fingerprint density at radius 1 is 1.21 bits per heavy atom. The number of nitrogens with zero attached hydrogens (tertiary/aromatic N) is 6. The summed E-state index contributed by atoms with van der Waals surface area (Å²) in [5.74, 6) is 0.219. The zero-order valence-electron chi connectivity index (χ0n) is 17.3. The first-order valence-corrected chi connectivity index (χ1v) is 10.3. The molecule has 2 aromatic heterocycles. The van der Waals surface area contributed by atoms with Gasteiger partial charge in [0.25, 0.3) is 0 Å². The molecule has 0 N–H and O–H groups in total. The predicted molar refractivity (Wildman–Crippen MR) is 108 cm³/mol. The van der Waals surface area contributed by atoms with Gasteiger partial charge in [-0.25, -0.2) is 0 Å². The van der Waals surface area contributed by atoms with Crippen molar-refractivity contribution < 1.29 is 4.79 Å². The fraction of sp³-hybridized carbons (Fsp3) is 0.545. The van der Waals surface area contributed by atoms with Crippen LogP contribution in [0.2, 0.25) is 0 Å². The van der Waals surface area contributed by atoms with E-state index in [1.807, 2.05) is 35.7 Å². The summed E-state index contributed by atoms with van der Waals surface area (Å²) in [6, 6.07) is 4.22. The van der Waals surface area contributed by atoms with Crippen LogP contribution in [0.3, 0.4) is 0 Å². The first-order valence-electron chi connectivity index (χ1n) is 10.3. The van der Waals surface area contributed by atoms with Crippen molar-refractivity contribution in [3.05, 3.63) is 47.3 Å². The quantitative estimate of drug-likeness (QED) is 0.798. The minimum absolute atomic E-state index is 0.150. The van der Waals surface area contributed by atoms with Crippen molar-refractivity contribution in [3.8, 4) is 6.07 Å². The maximum atomic E-state index is 12.6. The van der Waals surface area contributed by atoms with Crippen molar-refractivity contribution in [2.45, 2.75) is 45.7 Å². The molecule has 2 saturated heterocycles. The third-order valence-corrected chi connectivity index (χ3v) is 6.26. The monoisotopic (exact) mass is 392 g/mol. The van der Waals surface area contributed by atoms with Crippen LogP contribution in [0.15, 0.2) is 24.7 Å². The number of aromatic nitrogens is 3. The highest BCUT2D eigenvalue weighted by Crippen LogP contribution is 2.39. The van der Waals surface area contributed by atoms with Crippen molar-refractivity contribution in [2.75, 3.05) is 19.6 Å². The fourth-order valence-corrected chi connectivity index (χ4v) is 4.81. The van der Waals surface area contributed by atoms with E-state index in [9.17, 15) is 10.1 Å². The van der Waals surface area contributed by atoms with Crippen LogP contribution in [0.4, 0.5) is 0 Å². The maximum absolute atomic E-state index is 12.6. The Bertz CT molecular complexity index is 928. The van der Waals surface area contributed by atoms with Crippen LogP contribution in [0.1, 0.15) is 48.3 Å². The lowest BCUT2D eigenvalue weighted by Crippen LogP contribution is -2.53. The Morgan fingerprint density at radius 3 is 2.79 bits per heavy atom. The highest BCUT2D eigenvalue weighted by atomic mass is 16.2. The summed E-state index contributed by atoms with van der Waals surface area (Å²) in [6.07, 6.45) is 9.45. The van der Waals surface area contributed by atoms with Crippen LogP contribution in [0.25, 0.3) is 0 Å². The average molecular weight is 393 g/mol. The lowest BCUT2D eigenvalue weighted by Gasteiger charge is -2.48. The zero-order chi connectivity index (χ0) is 20.4. The number of piperidine rings is 2. The molecule has 7 heteroatoms. The van der Waals surface area contributed by atoms with Crippen LogP contribution in [-0.4, -0.2) is 49.9 Å². The lowest BCUT2D eigenvalue weighted by atomic mass is 9.73. The van der Waals surface area contributed by atoms with Gasteiger partial charge in [0, 0.05) is 50.9 Å². The van der Waals surface area contributed by atoms with E-state index in [4.69, 9.17) is 0 Å². The molecule has 2 fully saturated rings. The standard InChI is InChI=1S/C22H28N6O/c1-17-10-25-19(11-24-17)14-28-16-22(6-4-21(28)29)5-3-7-27(15-22)13-18-8-20(9-23)26(2)12-18/h8,10-12H,3-7,13-16H2,1-2H3/t22-/m1/s1. The summed E-state index contributed by atoms with van der Waals surface area (Å²) in [6.45, 7) is 6.16. The molecule has 1 spiro atoms. The van der Waals surface area contributed by atoms with Gasteiger partial charge in [-0.05, 0) is 44.4 Å². The molecule has 0 unspecified atom stereocenters. The molecule has 0 bridgehead atoms. The molecule has 29 heavy (non-hydrogen) atoms. The smallest absolute Gasteiger partial charge is 0.222 e.